The van der Waals surface area contributed by atoms with Crippen LogP contribution in [-0.4, -0.2) is 29.0 Å². The summed E-state index contributed by atoms with van der Waals surface area (Å²) >= 11 is 1.42. The van der Waals surface area contributed by atoms with Gasteiger partial charge in [0.25, 0.3) is 5.89 Å². The third-order valence-electron chi connectivity index (χ3n) is 3.74. The summed E-state index contributed by atoms with van der Waals surface area (Å²) < 4.78 is 15.5. The summed E-state index contributed by atoms with van der Waals surface area (Å²) in [5.41, 5.74) is 0.679. The molecule has 27 heavy (non-hydrogen) atoms. The zero-order valence-electron chi connectivity index (χ0n) is 14.9. The number of thiophene rings is 1. The summed E-state index contributed by atoms with van der Waals surface area (Å²) in [5.74, 6) is 0.574. The van der Waals surface area contributed by atoms with Gasteiger partial charge in [0.15, 0.2) is 12.4 Å². The SMILES string of the molecule is COc1ccccc1-c1noc(COC(=O)CCC(=O)c2ccc(C)s2)n1. The number of hydrogen-bond acceptors (Lipinski definition) is 8. The Morgan fingerprint density at radius 2 is 1.96 bits per heavy atom. The normalized spacial score (nSPS) is 10.6. The highest BCUT2D eigenvalue weighted by Gasteiger charge is 2.15. The average Bonchev–Trinajstić information content (AvgIpc) is 3.33. The van der Waals surface area contributed by atoms with E-state index in [0.717, 1.165) is 4.88 Å². The van der Waals surface area contributed by atoms with E-state index >= 15 is 0 Å². The van der Waals surface area contributed by atoms with Crippen molar-refractivity contribution in [2.75, 3.05) is 7.11 Å². The summed E-state index contributed by atoms with van der Waals surface area (Å²) in [6.45, 7) is 1.78. The maximum absolute atomic E-state index is 12.0. The van der Waals surface area contributed by atoms with Crippen LogP contribution < -0.4 is 4.74 Å². The number of Topliss-reactive ketones (excluding diaryl/α,β-unsaturated/α-hetero) is 1. The molecule has 0 fully saturated rings. The molecule has 2 aromatic heterocycles. The van der Waals surface area contributed by atoms with Crippen molar-refractivity contribution < 1.29 is 23.6 Å². The van der Waals surface area contributed by atoms with E-state index in [1.807, 2.05) is 25.1 Å². The monoisotopic (exact) mass is 386 g/mol. The van der Waals surface area contributed by atoms with Crippen LogP contribution in [0.15, 0.2) is 40.9 Å². The van der Waals surface area contributed by atoms with Crippen LogP contribution in [0.2, 0.25) is 0 Å². The van der Waals surface area contributed by atoms with Crippen LogP contribution in [0.5, 0.6) is 5.75 Å². The maximum Gasteiger partial charge on any atom is 0.306 e. The van der Waals surface area contributed by atoms with Crippen LogP contribution in [-0.2, 0) is 16.1 Å². The Hall–Kier alpha value is -3.00. The lowest BCUT2D eigenvalue weighted by Gasteiger charge is -2.03. The molecule has 0 atom stereocenters. The van der Waals surface area contributed by atoms with Gasteiger partial charge in [-0.2, -0.15) is 4.98 Å². The smallest absolute Gasteiger partial charge is 0.306 e. The number of para-hydroxylation sites is 1. The van der Waals surface area contributed by atoms with Crippen molar-refractivity contribution in [1.29, 1.82) is 0 Å². The largest absolute Gasteiger partial charge is 0.496 e. The molecule has 140 valence electrons. The number of carbonyl (C=O) groups excluding carboxylic acids is 2. The van der Waals surface area contributed by atoms with E-state index in [-0.39, 0.29) is 31.1 Å². The number of hydrogen-bond donors (Lipinski definition) is 0. The minimum atomic E-state index is -0.492. The van der Waals surface area contributed by atoms with E-state index < -0.39 is 5.97 Å². The standard InChI is InChI=1S/C19H18N2O5S/c1-12-7-9-16(27-12)14(22)8-10-18(23)25-11-17-20-19(21-26-17)13-5-3-4-6-15(13)24-2/h3-7,9H,8,10-11H2,1-2H3. The third kappa shape index (κ3) is 4.79. The summed E-state index contributed by atoms with van der Waals surface area (Å²) in [4.78, 5) is 29.8. The maximum atomic E-state index is 12.0. The van der Waals surface area contributed by atoms with Gasteiger partial charge < -0.3 is 14.0 Å². The second kappa shape index (κ2) is 8.59. The first-order chi connectivity index (χ1) is 13.1. The first-order valence-corrected chi connectivity index (χ1v) is 9.09. The lowest BCUT2D eigenvalue weighted by molar-refractivity contribution is -0.145. The van der Waals surface area contributed by atoms with Crippen LogP contribution in [0.25, 0.3) is 11.4 Å². The molecule has 7 nitrogen and oxygen atoms in total. The Labute approximate surface area is 159 Å². The number of rotatable bonds is 8. The molecule has 0 aliphatic rings. The number of benzene rings is 1. The third-order valence-corrected chi connectivity index (χ3v) is 4.79. The minimum Gasteiger partial charge on any atom is -0.496 e. The zero-order valence-corrected chi connectivity index (χ0v) is 15.7. The fraction of sp³-hybridized carbons (Fsp3) is 0.263. The Bertz CT molecular complexity index is 947. The number of methoxy groups -OCH3 is 1. The van der Waals surface area contributed by atoms with Gasteiger partial charge in [-0.25, -0.2) is 0 Å². The number of ketones is 1. The predicted octanol–water partition coefficient (Wildman–Crippen LogP) is 3.82. The van der Waals surface area contributed by atoms with Crippen molar-refractivity contribution in [1.82, 2.24) is 10.1 Å². The molecular weight excluding hydrogens is 368 g/mol. The summed E-state index contributed by atoms with van der Waals surface area (Å²) in [5, 5.41) is 3.88. The van der Waals surface area contributed by atoms with E-state index in [2.05, 4.69) is 10.1 Å². The molecule has 0 aliphatic carbocycles. The minimum absolute atomic E-state index is 0.00326. The molecule has 2 heterocycles. The van der Waals surface area contributed by atoms with E-state index in [9.17, 15) is 9.59 Å². The molecule has 1 aromatic carbocycles. The fourth-order valence-corrected chi connectivity index (χ4v) is 3.22. The molecule has 0 unspecified atom stereocenters. The summed E-state index contributed by atoms with van der Waals surface area (Å²) in [7, 11) is 1.56. The lowest BCUT2D eigenvalue weighted by atomic mass is 10.2. The molecule has 0 N–H and O–H groups in total. The van der Waals surface area contributed by atoms with Crippen molar-refractivity contribution in [2.24, 2.45) is 0 Å². The quantitative estimate of drug-likeness (QED) is 0.429. The second-order valence-corrected chi connectivity index (χ2v) is 6.99. The molecule has 0 amide bonds. The molecule has 0 radical (unpaired) electrons. The van der Waals surface area contributed by atoms with Gasteiger partial charge in [-0.15, -0.1) is 11.3 Å². The van der Waals surface area contributed by atoms with Gasteiger partial charge in [0.2, 0.25) is 5.82 Å². The molecule has 0 spiro atoms. The van der Waals surface area contributed by atoms with Crippen LogP contribution in [0, 0.1) is 6.92 Å². The Morgan fingerprint density at radius 3 is 2.70 bits per heavy atom. The van der Waals surface area contributed by atoms with E-state index in [4.69, 9.17) is 14.0 Å². The summed E-state index contributed by atoms with van der Waals surface area (Å²) in [6.07, 6.45) is 0.109. The molecular formula is C19H18N2O5S. The Morgan fingerprint density at radius 1 is 1.15 bits per heavy atom. The van der Waals surface area contributed by atoms with Crippen LogP contribution in [0.1, 0.15) is 33.3 Å². The topological polar surface area (TPSA) is 91.5 Å². The zero-order chi connectivity index (χ0) is 19.2. The molecule has 8 heteroatoms. The molecule has 0 saturated heterocycles. The second-order valence-electron chi connectivity index (χ2n) is 5.71. The number of carbonyl (C=O) groups is 2. The predicted molar refractivity (Wildman–Crippen MR) is 98.7 cm³/mol. The first kappa shape index (κ1) is 18.8. The van der Waals surface area contributed by atoms with Gasteiger partial charge in [-0.05, 0) is 31.2 Å². The highest BCUT2D eigenvalue weighted by atomic mass is 32.1. The van der Waals surface area contributed by atoms with E-state index in [1.54, 1.807) is 25.3 Å². The fourth-order valence-electron chi connectivity index (χ4n) is 2.39. The summed E-state index contributed by atoms with van der Waals surface area (Å²) in [6, 6.07) is 10.9. The van der Waals surface area contributed by atoms with Gasteiger partial charge in [-0.3, -0.25) is 9.59 Å². The molecule has 0 bridgehead atoms. The van der Waals surface area contributed by atoms with Gasteiger partial charge >= 0.3 is 5.97 Å². The van der Waals surface area contributed by atoms with Crippen molar-refractivity contribution in [2.45, 2.75) is 26.4 Å². The van der Waals surface area contributed by atoms with Crippen LogP contribution in [0.4, 0.5) is 0 Å². The van der Waals surface area contributed by atoms with Crippen LogP contribution in [0.3, 0.4) is 0 Å². The van der Waals surface area contributed by atoms with Crippen molar-refractivity contribution >= 4 is 23.1 Å². The van der Waals surface area contributed by atoms with Crippen LogP contribution >= 0.6 is 11.3 Å². The first-order valence-electron chi connectivity index (χ1n) is 8.28. The lowest BCUT2D eigenvalue weighted by Crippen LogP contribution is -2.07. The highest BCUT2D eigenvalue weighted by molar-refractivity contribution is 7.14. The van der Waals surface area contributed by atoms with E-state index in [1.165, 1.54) is 11.3 Å². The Kier molecular flexibility index (Phi) is 5.97. The number of aryl methyl sites for hydroxylation is 1. The molecule has 3 rings (SSSR count). The Balaban J connectivity index is 1.51. The molecule has 3 aromatic rings. The number of ether oxygens (including phenoxy) is 2. The van der Waals surface area contributed by atoms with Gasteiger partial charge in [0.05, 0.1) is 24.0 Å². The van der Waals surface area contributed by atoms with Crippen molar-refractivity contribution in [3.8, 4) is 17.1 Å². The molecule has 0 aliphatic heterocycles. The van der Waals surface area contributed by atoms with Crippen molar-refractivity contribution in [3.05, 3.63) is 52.0 Å². The number of nitrogens with zero attached hydrogens (tertiary/aromatic N) is 2. The number of aromatic nitrogens is 2. The van der Waals surface area contributed by atoms with Crippen molar-refractivity contribution in [3.63, 3.8) is 0 Å². The van der Waals surface area contributed by atoms with Gasteiger partial charge in [0, 0.05) is 11.3 Å². The molecule has 0 saturated carbocycles. The highest BCUT2D eigenvalue weighted by Crippen LogP contribution is 2.27. The van der Waals surface area contributed by atoms with Gasteiger partial charge in [0.1, 0.15) is 5.75 Å². The van der Waals surface area contributed by atoms with E-state index in [0.29, 0.717) is 22.0 Å². The van der Waals surface area contributed by atoms with Gasteiger partial charge in [-0.1, -0.05) is 17.3 Å². The average molecular weight is 386 g/mol. The number of esters is 1.